The topological polar surface area (TPSA) is 91.3 Å². The number of amidine groups is 1. The molecule has 0 N–H and O–H groups in total. The molecule has 162 valence electrons. The maximum absolute atomic E-state index is 12.9. The number of carboxylic acids is 1. The second-order valence-corrected chi connectivity index (χ2v) is 7.98. The number of nitrogens with zero attached hydrogens (tertiary/aromatic N) is 2. The summed E-state index contributed by atoms with van der Waals surface area (Å²) >= 11 is 1.24. The predicted molar refractivity (Wildman–Crippen MR) is 123 cm³/mol. The molecule has 3 aromatic rings. The summed E-state index contributed by atoms with van der Waals surface area (Å²) in [6.07, 6.45) is 1.80. The first-order chi connectivity index (χ1) is 15.4. The Morgan fingerprint density at radius 2 is 1.78 bits per heavy atom. The summed E-state index contributed by atoms with van der Waals surface area (Å²) in [6, 6.07) is 15.5. The zero-order valence-corrected chi connectivity index (χ0v) is 18.4. The van der Waals surface area contributed by atoms with Crippen molar-refractivity contribution < 1.29 is 24.2 Å². The highest BCUT2D eigenvalue weighted by atomic mass is 32.2. The Labute approximate surface area is 189 Å². The number of amides is 1. The number of likely N-dealkylation sites (N-methyl/N-ethyl adjacent to an activating group) is 1. The maximum Gasteiger partial charge on any atom is 0.266 e. The van der Waals surface area contributed by atoms with Gasteiger partial charge in [-0.2, -0.15) is 0 Å². The van der Waals surface area contributed by atoms with Crippen molar-refractivity contribution in [2.24, 2.45) is 4.99 Å². The second kappa shape index (κ2) is 8.76. The van der Waals surface area contributed by atoms with Gasteiger partial charge in [0.2, 0.25) is 0 Å². The standard InChI is InChI=1S/C24H20N2O5S/c1-26-22(27)21(32-24(26)25-16-8-4-15(5-9-16)23(28)29)13-19-18-12-17(30-2)10-6-14(18)7-11-20(19)31-3/h4-13H,1-3H3,(H,28,29)/p-1/b21-13-,25-24?. The summed E-state index contributed by atoms with van der Waals surface area (Å²) in [7, 11) is 4.84. The molecule has 1 saturated heterocycles. The van der Waals surface area contributed by atoms with Crippen LogP contribution in [0.25, 0.3) is 16.8 Å². The number of aliphatic imine (C=N–C) groups is 1. The second-order valence-electron chi connectivity index (χ2n) is 6.97. The zero-order chi connectivity index (χ0) is 22.8. The lowest BCUT2D eigenvalue weighted by molar-refractivity contribution is -0.255. The van der Waals surface area contributed by atoms with Crippen molar-refractivity contribution in [3.63, 3.8) is 0 Å². The van der Waals surface area contributed by atoms with E-state index in [-0.39, 0.29) is 11.5 Å². The molecule has 1 amide bonds. The molecule has 0 unspecified atom stereocenters. The quantitative estimate of drug-likeness (QED) is 0.557. The van der Waals surface area contributed by atoms with E-state index in [0.29, 0.717) is 27.3 Å². The number of methoxy groups -OCH3 is 2. The summed E-state index contributed by atoms with van der Waals surface area (Å²) in [6.45, 7) is 0. The molecule has 0 atom stereocenters. The van der Waals surface area contributed by atoms with Gasteiger partial charge in [-0.15, -0.1) is 0 Å². The summed E-state index contributed by atoms with van der Waals surface area (Å²) in [5.74, 6) is -0.104. The zero-order valence-electron chi connectivity index (χ0n) is 17.6. The number of aromatic carboxylic acids is 1. The van der Waals surface area contributed by atoms with E-state index in [2.05, 4.69) is 4.99 Å². The predicted octanol–water partition coefficient (Wildman–Crippen LogP) is 3.45. The number of ether oxygens (including phenoxy) is 2. The fourth-order valence-electron chi connectivity index (χ4n) is 3.32. The van der Waals surface area contributed by atoms with Crippen molar-refractivity contribution >= 4 is 51.3 Å². The van der Waals surface area contributed by atoms with E-state index in [9.17, 15) is 14.7 Å². The van der Waals surface area contributed by atoms with E-state index in [1.165, 1.54) is 28.8 Å². The molecule has 0 saturated carbocycles. The molecule has 4 rings (SSSR count). The van der Waals surface area contributed by atoms with Crippen LogP contribution in [0.4, 0.5) is 5.69 Å². The molecule has 0 aliphatic carbocycles. The average Bonchev–Trinajstić information content (AvgIpc) is 3.07. The Bertz CT molecular complexity index is 1280. The Hall–Kier alpha value is -3.78. The van der Waals surface area contributed by atoms with Crippen LogP contribution < -0.4 is 14.6 Å². The van der Waals surface area contributed by atoms with Crippen LogP contribution in [0, 0.1) is 0 Å². The minimum absolute atomic E-state index is 0.0662. The molecule has 1 aliphatic rings. The van der Waals surface area contributed by atoms with Gasteiger partial charge < -0.3 is 19.4 Å². The third-order valence-electron chi connectivity index (χ3n) is 5.06. The van der Waals surface area contributed by atoms with Crippen LogP contribution in [-0.4, -0.2) is 43.2 Å². The summed E-state index contributed by atoms with van der Waals surface area (Å²) in [5.41, 5.74) is 1.37. The lowest BCUT2D eigenvalue weighted by Crippen LogP contribution is -2.23. The number of thioether (sulfide) groups is 1. The summed E-state index contributed by atoms with van der Waals surface area (Å²) in [4.78, 5) is 30.3. The average molecular weight is 447 g/mol. The maximum atomic E-state index is 12.9. The van der Waals surface area contributed by atoms with Crippen molar-refractivity contribution in [3.8, 4) is 11.5 Å². The van der Waals surface area contributed by atoms with Gasteiger partial charge in [0.15, 0.2) is 5.17 Å². The number of hydrogen-bond acceptors (Lipinski definition) is 7. The van der Waals surface area contributed by atoms with E-state index in [1.54, 1.807) is 39.5 Å². The normalized spacial score (nSPS) is 16.2. The van der Waals surface area contributed by atoms with Gasteiger partial charge in [0.05, 0.1) is 30.8 Å². The molecule has 3 aromatic carbocycles. The smallest absolute Gasteiger partial charge is 0.266 e. The molecule has 32 heavy (non-hydrogen) atoms. The molecule has 0 bridgehead atoms. The molecule has 7 nitrogen and oxygen atoms in total. The minimum Gasteiger partial charge on any atom is -0.545 e. The Kier molecular flexibility index (Phi) is 5.87. The summed E-state index contributed by atoms with van der Waals surface area (Å²) < 4.78 is 10.9. The monoisotopic (exact) mass is 447 g/mol. The number of carboxylic acid groups (broad SMARTS) is 1. The third-order valence-corrected chi connectivity index (χ3v) is 6.12. The molecule has 0 spiro atoms. The first-order valence-electron chi connectivity index (χ1n) is 9.63. The van der Waals surface area contributed by atoms with E-state index in [1.807, 2.05) is 30.3 Å². The number of rotatable bonds is 5. The van der Waals surface area contributed by atoms with Crippen LogP contribution in [-0.2, 0) is 4.79 Å². The van der Waals surface area contributed by atoms with Gasteiger partial charge in [-0.05, 0) is 64.5 Å². The molecule has 1 heterocycles. The lowest BCUT2D eigenvalue weighted by Gasteiger charge is -2.11. The Morgan fingerprint density at radius 3 is 2.44 bits per heavy atom. The van der Waals surface area contributed by atoms with Crippen LogP contribution >= 0.6 is 11.8 Å². The van der Waals surface area contributed by atoms with Gasteiger partial charge >= 0.3 is 0 Å². The minimum atomic E-state index is -1.25. The SMILES string of the molecule is COc1ccc2ccc(OC)c(/C=C3\SC(=Nc4ccc(C(=O)[O-])cc4)N(C)C3=O)c2c1. The molecule has 8 heteroatoms. The fraction of sp³-hybridized carbons (Fsp3) is 0.125. The molecular formula is C24H19N2O5S-. The van der Waals surface area contributed by atoms with E-state index in [0.717, 1.165) is 16.3 Å². The highest BCUT2D eigenvalue weighted by Crippen LogP contribution is 2.38. The van der Waals surface area contributed by atoms with Crippen LogP contribution in [0.2, 0.25) is 0 Å². The van der Waals surface area contributed by atoms with Crippen molar-refractivity contribution in [2.45, 2.75) is 0 Å². The van der Waals surface area contributed by atoms with Crippen LogP contribution in [0.3, 0.4) is 0 Å². The Morgan fingerprint density at radius 1 is 1.06 bits per heavy atom. The highest BCUT2D eigenvalue weighted by Gasteiger charge is 2.31. The first kappa shape index (κ1) is 21.5. The molecule has 0 aromatic heterocycles. The van der Waals surface area contributed by atoms with Crippen molar-refractivity contribution in [1.29, 1.82) is 0 Å². The largest absolute Gasteiger partial charge is 0.545 e. The molecule has 1 fully saturated rings. The molecule has 1 aliphatic heterocycles. The van der Waals surface area contributed by atoms with E-state index < -0.39 is 5.97 Å². The van der Waals surface area contributed by atoms with Gasteiger partial charge in [-0.1, -0.05) is 24.3 Å². The van der Waals surface area contributed by atoms with E-state index in [4.69, 9.17) is 9.47 Å². The van der Waals surface area contributed by atoms with Crippen molar-refractivity contribution in [3.05, 3.63) is 70.6 Å². The number of carbonyl (C=O) groups is 2. The van der Waals surface area contributed by atoms with Gasteiger partial charge in [0.1, 0.15) is 11.5 Å². The van der Waals surface area contributed by atoms with Gasteiger partial charge in [0.25, 0.3) is 5.91 Å². The van der Waals surface area contributed by atoms with Gasteiger partial charge in [-0.3, -0.25) is 9.69 Å². The number of fused-ring (bicyclic) bond motifs is 1. The number of hydrogen-bond donors (Lipinski definition) is 0. The highest BCUT2D eigenvalue weighted by molar-refractivity contribution is 8.18. The molecule has 0 radical (unpaired) electrons. The number of carbonyl (C=O) groups excluding carboxylic acids is 2. The van der Waals surface area contributed by atoms with Gasteiger partial charge in [-0.25, -0.2) is 4.99 Å². The third kappa shape index (κ3) is 4.04. The van der Waals surface area contributed by atoms with E-state index >= 15 is 0 Å². The van der Waals surface area contributed by atoms with Crippen LogP contribution in [0.1, 0.15) is 15.9 Å². The van der Waals surface area contributed by atoms with Gasteiger partial charge in [0, 0.05) is 12.6 Å². The van der Waals surface area contributed by atoms with Crippen molar-refractivity contribution in [1.82, 2.24) is 4.90 Å². The van der Waals surface area contributed by atoms with Crippen LogP contribution in [0.5, 0.6) is 11.5 Å². The van der Waals surface area contributed by atoms with Crippen LogP contribution in [0.15, 0.2) is 64.5 Å². The lowest BCUT2D eigenvalue weighted by atomic mass is 10.0. The number of benzene rings is 3. The first-order valence-corrected chi connectivity index (χ1v) is 10.5. The fourth-order valence-corrected chi connectivity index (χ4v) is 4.29. The summed E-state index contributed by atoms with van der Waals surface area (Å²) in [5, 5.41) is 13.3. The molecular weight excluding hydrogens is 428 g/mol. The Balaban J connectivity index is 1.74. The van der Waals surface area contributed by atoms with Crippen molar-refractivity contribution in [2.75, 3.05) is 21.3 Å².